The minimum atomic E-state index is -0.369. The molecule has 0 saturated carbocycles. The van der Waals surface area contributed by atoms with Crippen molar-refractivity contribution in [1.82, 2.24) is 10.6 Å². The molecule has 0 spiro atoms. The molecular weight excluding hydrogens is 254 g/mol. The number of hydrogen-bond donors (Lipinski definition) is 3. The van der Waals surface area contributed by atoms with Gasteiger partial charge in [-0.15, -0.1) is 0 Å². The van der Waals surface area contributed by atoms with Crippen molar-refractivity contribution in [2.45, 2.75) is 38.8 Å². The van der Waals surface area contributed by atoms with Gasteiger partial charge in [0.05, 0.1) is 23.8 Å². The molecule has 1 aromatic carbocycles. The molecule has 3 N–H and O–H groups in total. The van der Waals surface area contributed by atoms with Crippen LogP contribution in [-0.2, 0) is 0 Å². The second kappa shape index (κ2) is 8.18. The van der Waals surface area contributed by atoms with E-state index in [1.54, 1.807) is 12.1 Å². The maximum atomic E-state index is 11.7. The molecule has 108 valence electrons. The van der Waals surface area contributed by atoms with E-state index in [-0.39, 0.29) is 18.2 Å². The molecule has 0 saturated heterocycles. The number of urea groups is 1. The van der Waals surface area contributed by atoms with Crippen LogP contribution in [0.2, 0.25) is 0 Å². The summed E-state index contributed by atoms with van der Waals surface area (Å²) in [5.41, 5.74) is 1.53. The highest BCUT2D eigenvalue weighted by atomic mass is 16.3. The number of rotatable bonds is 6. The number of amides is 2. The lowest BCUT2D eigenvalue weighted by Gasteiger charge is -2.15. The number of nitriles is 1. The van der Waals surface area contributed by atoms with Gasteiger partial charge in [-0.25, -0.2) is 4.79 Å². The molecule has 1 aromatic rings. The van der Waals surface area contributed by atoms with E-state index in [9.17, 15) is 9.90 Å². The Hall–Kier alpha value is -2.06. The van der Waals surface area contributed by atoms with Crippen LogP contribution >= 0.6 is 0 Å². The number of carbonyl (C=O) groups is 1. The van der Waals surface area contributed by atoms with Crippen molar-refractivity contribution in [2.24, 2.45) is 0 Å². The molecule has 2 unspecified atom stereocenters. The first-order valence-electron chi connectivity index (χ1n) is 6.79. The van der Waals surface area contributed by atoms with Gasteiger partial charge in [0.1, 0.15) is 0 Å². The van der Waals surface area contributed by atoms with E-state index < -0.39 is 0 Å². The normalized spacial score (nSPS) is 13.1. The smallest absolute Gasteiger partial charge is 0.315 e. The molecule has 0 aliphatic rings. The zero-order valence-electron chi connectivity index (χ0n) is 11.9. The Labute approximate surface area is 119 Å². The average Bonchev–Trinajstić information content (AvgIpc) is 2.47. The minimum absolute atomic E-state index is 0.140. The van der Waals surface area contributed by atoms with E-state index in [0.717, 1.165) is 5.56 Å². The Morgan fingerprint density at radius 1 is 1.40 bits per heavy atom. The third-order valence-electron chi connectivity index (χ3n) is 3.12. The molecule has 0 bridgehead atoms. The maximum absolute atomic E-state index is 11.7. The Balaban J connectivity index is 2.39. The number of carbonyl (C=O) groups excluding carboxylic acids is 1. The SMILES string of the molecule is CCC(O)CCNC(=O)NC(C)c1ccc(C#N)cc1. The van der Waals surface area contributed by atoms with Crippen molar-refractivity contribution in [1.29, 1.82) is 5.26 Å². The molecular formula is C15H21N3O2. The van der Waals surface area contributed by atoms with Crippen molar-refractivity contribution in [2.75, 3.05) is 6.54 Å². The molecule has 0 radical (unpaired) electrons. The third-order valence-corrected chi connectivity index (χ3v) is 3.12. The summed E-state index contributed by atoms with van der Waals surface area (Å²) in [6.07, 6.45) is 0.867. The number of aliphatic hydroxyl groups excluding tert-OH is 1. The predicted octanol–water partition coefficient (Wildman–Crippen LogP) is 2.08. The van der Waals surface area contributed by atoms with Crippen LogP contribution < -0.4 is 10.6 Å². The average molecular weight is 275 g/mol. The van der Waals surface area contributed by atoms with Crippen LogP contribution in [0.4, 0.5) is 4.79 Å². The molecule has 0 aliphatic carbocycles. The lowest BCUT2D eigenvalue weighted by atomic mass is 10.1. The molecule has 0 aliphatic heterocycles. The molecule has 2 amide bonds. The second-order valence-electron chi connectivity index (χ2n) is 4.71. The Kier molecular flexibility index (Phi) is 6.54. The summed E-state index contributed by atoms with van der Waals surface area (Å²) in [6.45, 7) is 4.22. The summed E-state index contributed by atoms with van der Waals surface area (Å²) in [7, 11) is 0. The summed E-state index contributed by atoms with van der Waals surface area (Å²) in [6, 6.07) is 8.75. The lowest BCUT2D eigenvalue weighted by molar-refractivity contribution is 0.160. The number of hydrogen-bond acceptors (Lipinski definition) is 3. The molecule has 5 heteroatoms. The van der Waals surface area contributed by atoms with Crippen LogP contribution in [0.25, 0.3) is 0 Å². The van der Waals surface area contributed by atoms with Gasteiger partial charge in [0.15, 0.2) is 0 Å². The van der Waals surface area contributed by atoms with Crippen LogP contribution in [0.5, 0.6) is 0 Å². The second-order valence-corrected chi connectivity index (χ2v) is 4.71. The van der Waals surface area contributed by atoms with Crippen molar-refractivity contribution in [3.8, 4) is 6.07 Å². The van der Waals surface area contributed by atoms with Gasteiger partial charge < -0.3 is 15.7 Å². The van der Waals surface area contributed by atoms with Gasteiger partial charge >= 0.3 is 6.03 Å². The van der Waals surface area contributed by atoms with Crippen molar-refractivity contribution in [3.63, 3.8) is 0 Å². The zero-order valence-corrected chi connectivity index (χ0v) is 11.9. The maximum Gasteiger partial charge on any atom is 0.315 e. The van der Waals surface area contributed by atoms with Crippen LogP contribution in [0.3, 0.4) is 0 Å². The quantitative estimate of drug-likeness (QED) is 0.743. The van der Waals surface area contributed by atoms with Gasteiger partial charge in [-0.05, 0) is 37.5 Å². The van der Waals surface area contributed by atoms with Gasteiger partial charge in [0.2, 0.25) is 0 Å². The van der Waals surface area contributed by atoms with E-state index in [1.165, 1.54) is 0 Å². The van der Waals surface area contributed by atoms with E-state index >= 15 is 0 Å². The molecule has 20 heavy (non-hydrogen) atoms. The van der Waals surface area contributed by atoms with Crippen molar-refractivity contribution in [3.05, 3.63) is 35.4 Å². The fourth-order valence-electron chi connectivity index (χ4n) is 1.73. The van der Waals surface area contributed by atoms with E-state index in [1.807, 2.05) is 26.0 Å². The monoisotopic (exact) mass is 275 g/mol. The van der Waals surface area contributed by atoms with E-state index in [4.69, 9.17) is 5.26 Å². The number of nitrogens with one attached hydrogen (secondary N) is 2. The Morgan fingerprint density at radius 2 is 2.05 bits per heavy atom. The summed E-state index contributed by atoms with van der Waals surface area (Å²) < 4.78 is 0. The van der Waals surface area contributed by atoms with E-state index in [0.29, 0.717) is 24.9 Å². The number of benzene rings is 1. The van der Waals surface area contributed by atoms with Gasteiger partial charge in [-0.3, -0.25) is 0 Å². The Morgan fingerprint density at radius 3 is 2.60 bits per heavy atom. The van der Waals surface area contributed by atoms with Crippen molar-refractivity contribution >= 4 is 6.03 Å². The summed E-state index contributed by atoms with van der Waals surface area (Å²) in [5.74, 6) is 0. The van der Waals surface area contributed by atoms with Crippen molar-refractivity contribution < 1.29 is 9.90 Å². The van der Waals surface area contributed by atoms with Gasteiger partial charge in [-0.2, -0.15) is 5.26 Å². The largest absolute Gasteiger partial charge is 0.393 e. The summed E-state index contributed by atoms with van der Waals surface area (Å²) in [4.78, 5) is 11.7. The minimum Gasteiger partial charge on any atom is -0.393 e. The standard InChI is InChI=1S/C15H21N3O2/c1-3-14(19)8-9-17-15(20)18-11(2)13-6-4-12(10-16)5-7-13/h4-7,11,14,19H,3,8-9H2,1-2H3,(H2,17,18,20). The molecule has 1 rings (SSSR count). The fraction of sp³-hybridized carbons (Fsp3) is 0.467. The molecule has 0 fully saturated rings. The predicted molar refractivity (Wildman–Crippen MR) is 77.0 cm³/mol. The first-order chi connectivity index (χ1) is 9.56. The molecule has 2 atom stereocenters. The summed E-state index contributed by atoms with van der Waals surface area (Å²) >= 11 is 0. The Bertz CT molecular complexity index is 465. The third kappa shape index (κ3) is 5.29. The van der Waals surface area contributed by atoms with Crippen LogP contribution in [0.15, 0.2) is 24.3 Å². The first-order valence-corrected chi connectivity index (χ1v) is 6.79. The van der Waals surface area contributed by atoms with Gasteiger partial charge in [-0.1, -0.05) is 19.1 Å². The fourth-order valence-corrected chi connectivity index (χ4v) is 1.73. The number of nitrogens with zero attached hydrogens (tertiary/aromatic N) is 1. The summed E-state index contributed by atoms with van der Waals surface area (Å²) in [5, 5.41) is 23.6. The number of aliphatic hydroxyl groups is 1. The zero-order chi connectivity index (χ0) is 15.0. The highest BCUT2D eigenvalue weighted by Gasteiger charge is 2.09. The van der Waals surface area contributed by atoms with Gasteiger partial charge in [0.25, 0.3) is 0 Å². The topological polar surface area (TPSA) is 85.2 Å². The van der Waals surface area contributed by atoms with Crippen LogP contribution in [0.1, 0.15) is 43.9 Å². The molecule has 0 heterocycles. The highest BCUT2D eigenvalue weighted by Crippen LogP contribution is 2.12. The van der Waals surface area contributed by atoms with Gasteiger partial charge in [0, 0.05) is 6.54 Å². The molecule has 5 nitrogen and oxygen atoms in total. The lowest BCUT2D eigenvalue weighted by Crippen LogP contribution is -2.38. The van der Waals surface area contributed by atoms with E-state index in [2.05, 4.69) is 16.7 Å². The first kappa shape index (κ1) is 16.0. The highest BCUT2D eigenvalue weighted by molar-refractivity contribution is 5.74. The molecule has 0 aromatic heterocycles. The van der Waals surface area contributed by atoms with Crippen LogP contribution in [-0.4, -0.2) is 23.8 Å². The van der Waals surface area contributed by atoms with Crippen LogP contribution in [0, 0.1) is 11.3 Å².